The second-order valence-corrected chi connectivity index (χ2v) is 4.78. The van der Waals surface area contributed by atoms with Crippen molar-refractivity contribution < 1.29 is 9.53 Å². The first kappa shape index (κ1) is 15.7. The Morgan fingerprint density at radius 1 is 1.27 bits per heavy atom. The number of hydrogen-bond acceptors (Lipinski definition) is 6. The second kappa shape index (κ2) is 7.35. The fraction of sp³-hybridized carbons (Fsp3) is 0.333. The zero-order valence-corrected chi connectivity index (χ0v) is 12.5. The van der Waals surface area contributed by atoms with Gasteiger partial charge in [-0.2, -0.15) is 0 Å². The number of unbranched alkanes of at least 4 members (excludes halogenated alkanes) is 1. The highest BCUT2D eigenvalue weighted by Crippen LogP contribution is 2.13. The third-order valence-corrected chi connectivity index (χ3v) is 2.97. The number of nitrogens with one attached hydrogen (secondary N) is 2. The molecule has 0 spiro atoms. The van der Waals surface area contributed by atoms with Gasteiger partial charge in [-0.1, -0.05) is 13.3 Å². The van der Waals surface area contributed by atoms with Gasteiger partial charge in [0.05, 0.1) is 12.2 Å². The van der Waals surface area contributed by atoms with Gasteiger partial charge in [-0.15, -0.1) is 10.2 Å². The molecule has 0 aliphatic rings. The number of ether oxygens (including phenoxy) is 1. The first-order valence-electron chi connectivity index (χ1n) is 7.08. The average molecular weight is 302 g/mol. The number of hydrogen-bond donors (Lipinski definition) is 2. The fourth-order valence-electron chi connectivity index (χ4n) is 1.67. The van der Waals surface area contributed by atoms with Gasteiger partial charge in [-0.25, -0.2) is 4.79 Å². The molecule has 1 heterocycles. The van der Waals surface area contributed by atoms with Crippen LogP contribution in [0.15, 0.2) is 29.1 Å². The summed E-state index contributed by atoms with van der Waals surface area (Å²) in [7, 11) is 0. The molecule has 2 N–H and O–H groups in total. The Bertz CT molecular complexity index is 695. The van der Waals surface area contributed by atoms with Crippen molar-refractivity contribution in [2.75, 3.05) is 11.9 Å². The van der Waals surface area contributed by atoms with Crippen LogP contribution in [0.2, 0.25) is 0 Å². The van der Waals surface area contributed by atoms with Crippen LogP contribution in [-0.4, -0.2) is 27.8 Å². The van der Waals surface area contributed by atoms with Gasteiger partial charge in [0.2, 0.25) is 5.95 Å². The summed E-state index contributed by atoms with van der Waals surface area (Å²) in [6.07, 6.45) is 1.83. The predicted octanol–water partition coefficient (Wildman–Crippen LogP) is 2.17. The smallest absolute Gasteiger partial charge is 0.338 e. The maximum atomic E-state index is 11.8. The van der Waals surface area contributed by atoms with Crippen LogP contribution < -0.4 is 10.9 Å². The largest absolute Gasteiger partial charge is 0.462 e. The maximum absolute atomic E-state index is 11.8. The van der Waals surface area contributed by atoms with E-state index in [0.29, 0.717) is 23.6 Å². The highest BCUT2D eigenvalue weighted by molar-refractivity contribution is 5.89. The lowest BCUT2D eigenvalue weighted by Crippen LogP contribution is -2.15. The van der Waals surface area contributed by atoms with Gasteiger partial charge in [0, 0.05) is 5.69 Å². The Labute approximate surface area is 127 Å². The summed E-state index contributed by atoms with van der Waals surface area (Å²) in [4.78, 5) is 25.8. The van der Waals surface area contributed by atoms with E-state index in [2.05, 4.69) is 20.5 Å². The summed E-state index contributed by atoms with van der Waals surface area (Å²) in [5.74, 6) is -0.0996. The van der Waals surface area contributed by atoms with Crippen molar-refractivity contribution in [1.82, 2.24) is 15.2 Å². The summed E-state index contributed by atoms with van der Waals surface area (Å²) < 4.78 is 5.13. The summed E-state index contributed by atoms with van der Waals surface area (Å²) in [6.45, 7) is 4.04. The molecule has 0 radical (unpaired) electrons. The first-order valence-corrected chi connectivity index (χ1v) is 7.08. The standard InChI is InChI=1S/C15H18N4O3/c1-3-4-9-22-14(21)11-5-7-12(8-6-11)16-15-17-13(20)10(2)18-19-15/h5-8H,3-4,9H2,1-2H3,(H2,16,17,19,20). The number of nitrogens with zero attached hydrogens (tertiary/aromatic N) is 2. The van der Waals surface area contributed by atoms with Crippen molar-refractivity contribution in [3.05, 3.63) is 45.9 Å². The molecule has 0 saturated carbocycles. The lowest BCUT2D eigenvalue weighted by atomic mass is 10.2. The average Bonchev–Trinajstić information content (AvgIpc) is 2.52. The molecule has 2 rings (SSSR count). The Balaban J connectivity index is 2.00. The lowest BCUT2D eigenvalue weighted by Gasteiger charge is -2.06. The quantitative estimate of drug-likeness (QED) is 0.627. The van der Waals surface area contributed by atoms with Gasteiger partial charge in [0.25, 0.3) is 5.56 Å². The second-order valence-electron chi connectivity index (χ2n) is 4.78. The molecule has 116 valence electrons. The first-order chi connectivity index (χ1) is 10.6. The van der Waals surface area contributed by atoms with Gasteiger partial charge in [-0.3, -0.25) is 9.78 Å². The molecule has 0 unspecified atom stereocenters. The molecule has 7 nitrogen and oxygen atoms in total. The van der Waals surface area contributed by atoms with Gasteiger partial charge in [-0.05, 0) is 37.6 Å². The van der Waals surface area contributed by atoms with Crippen LogP contribution in [0, 0.1) is 6.92 Å². The van der Waals surface area contributed by atoms with Crippen LogP contribution in [0.25, 0.3) is 0 Å². The Morgan fingerprint density at radius 3 is 2.64 bits per heavy atom. The van der Waals surface area contributed by atoms with Crippen molar-refractivity contribution in [2.45, 2.75) is 26.7 Å². The summed E-state index contributed by atoms with van der Waals surface area (Å²) in [6, 6.07) is 6.71. The van der Waals surface area contributed by atoms with Crippen LogP contribution in [0.1, 0.15) is 35.8 Å². The van der Waals surface area contributed by atoms with E-state index in [1.807, 2.05) is 6.92 Å². The van der Waals surface area contributed by atoms with Crippen molar-refractivity contribution >= 4 is 17.6 Å². The minimum absolute atomic E-state index is 0.244. The Hall–Kier alpha value is -2.70. The minimum atomic E-state index is -0.344. The van der Waals surface area contributed by atoms with E-state index in [-0.39, 0.29) is 17.5 Å². The molecule has 0 fully saturated rings. The number of esters is 1. The van der Waals surface area contributed by atoms with E-state index in [1.165, 1.54) is 0 Å². The summed E-state index contributed by atoms with van der Waals surface area (Å²) >= 11 is 0. The van der Waals surface area contributed by atoms with Crippen LogP contribution in [0.4, 0.5) is 11.6 Å². The number of aromatic amines is 1. The van der Waals surface area contributed by atoms with Gasteiger partial charge in [0.15, 0.2) is 0 Å². The topological polar surface area (TPSA) is 97.0 Å². The van der Waals surface area contributed by atoms with Crippen LogP contribution >= 0.6 is 0 Å². The molecule has 22 heavy (non-hydrogen) atoms. The molecule has 1 aromatic carbocycles. The molecule has 0 aliphatic heterocycles. The van der Waals surface area contributed by atoms with Crippen molar-refractivity contribution in [3.8, 4) is 0 Å². The number of anilines is 2. The molecule has 1 aromatic heterocycles. The van der Waals surface area contributed by atoms with E-state index in [1.54, 1.807) is 31.2 Å². The molecule has 0 amide bonds. The fourth-order valence-corrected chi connectivity index (χ4v) is 1.67. The van der Waals surface area contributed by atoms with Crippen molar-refractivity contribution in [2.24, 2.45) is 0 Å². The van der Waals surface area contributed by atoms with Crippen LogP contribution in [0.5, 0.6) is 0 Å². The van der Waals surface area contributed by atoms with E-state index >= 15 is 0 Å². The third-order valence-electron chi connectivity index (χ3n) is 2.97. The number of aryl methyl sites for hydroxylation is 1. The molecule has 0 aliphatic carbocycles. The monoisotopic (exact) mass is 302 g/mol. The molecule has 7 heteroatoms. The predicted molar refractivity (Wildman–Crippen MR) is 82.3 cm³/mol. The SMILES string of the molecule is CCCCOC(=O)c1ccc(Nc2nnc(C)c(=O)[nH]2)cc1. The third kappa shape index (κ3) is 4.15. The molecular weight excluding hydrogens is 284 g/mol. The molecular formula is C15H18N4O3. The number of carbonyl (C=O) groups is 1. The van der Waals surface area contributed by atoms with Gasteiger partial charge in [0.1, 0.15) is 5.69 Å². The summed E-state index contributed by atoms with van der Waals surface area (Å²) in [5.41, 5.74) is 1.16. The highest BCUT2D eigenvalue weighted by atomic mass is 16.5. The number of rotatable bonds is 6. The highest BCUT2D eigenvalue weighted by Gasteiger charge is 2.07. The van der Waals surface area contributed by atoms with Gasteiger partial charge >= 0.3 is 5.97 Å². The van der Waals surface area contributed by atoms with Crippen molar-refractivity contribution in [1.29, 1.82) is 0 Å². The van der Waals surface area contributed by atoms with Gasteiger partial charge < -0.3 is 10.1 Å². The number of carbonyl (C=O) groups excluding carboxylic acids is 1. The summed E-state index contributed by atoms with van der Waals surface area (Å²) in [5, 5.41) is 10.5. The number of benzene rings is 1. The van der Waals surface area contributed by atoms with Crippen LogP contribution in [-0.2, 0) is 4.74 Å². The maximum Gasteiger partial charge on any atom is 0.338 e. The number of aromatic nitrogens is 3. The molecule has 0 saturated heterocycles. The van der Waals surface area contributed by atoms with E-state index in [4.69, 9.17) is 4.74 Å². The molecule has 0 bridgehead atoms. The Kier molecular flexibility index (Phi) is 5.24. The van der Waals surface area contributed by atoms with E-state index < -0.39 is 0 Å². The van der Waals surface area contributed by atoms with Crippen LogP contribution in [0.3, 0.4) is 0 Å². The minimum Gasteiger partial charge on any atom is -0.462 e. The zero-order valence-electron chi connectivity index (χ0n) is 12.5. The number of H-pyrrole nitrogens is 1. The zero-order chi connectivity index (χ0) is 15.9. The van der Waals surface area contributed by atoms with E-state index in [0.717, 1.165) is 12.8 Å². The lowest BCUT2D eigenvalue weighted by molar-refractivity contribution is 0.0500. The normalized spacial score (nSPS) is 10.3. The Morgan fingerprint density at radius 2 is 2.00 bits per heavy atom. The molecule has 0 atom stereocenters. The molecule has 2 aromatic rings. The van der Waals surface area contributed by atoms with Crippen molar-refractivity contribution in [3.63, 3.8) is 0 Å². The van der Waals surface area contributed by atoms with E-state index in [9.17, 15) is 9.59 Å².